The Hall–Kier alpha value is -4.38. The van der Waals surface area contributed by atoms with Gasteiger partial charge in [0.1, 0.15) is 22.9 Å². The fourth-order valence-electron chi connectivity index (χ4n) is 5.14. The summed E-state index contributed by atoms with van der Waals surface area (Å²) in [5.74, 6) is 0.484. The Morgan fingerprint density at radius 3 is 2.38 bits per heavy atom. The zero-order valence-electron chi connectivity index (χ0n) is 27.7. The molecule has 5 rings (SSSR count). The smallest absolute Gasteiger partial charge is 0.341 e. The molecule has 0 saturated heterocycles. The van der Waals surface area contributed by atoms with E-state index >= 15 is 0 Å². The Labute approximate surface area is 284 Å². The zero-order chi connectivity index (χ0) is 34.5. The molecule has 0 radical (unpaired) electrons. The third-order valence-electron chi connectivity index (χ3n) is 7.74. The van der Waals surface area contributed by atoms with Crippen LogP contribution in [-0.4, -0.2) is 38.9 Å². The molecule has 4 N–H and O–H groups in total. The van der Waals surface area contributed by atoms with Crippen molar-refractivity contribution in [3.8, 4) is 22.6 Å². The molecule has 2 aromatic carbocycles. The maximum absolute atomic E-state index is 14.7. The van der Waals surface area contributed by atoms with Crippen LogP contribution < -0.4 is 20.8 Å². The van der Waals surface area contributed by atoms with Gasteiger partial charge in [-0.05, 0) is 50.1 Å². The lowest BCUT2D eigenvalue weighted by molar-refractivity contribution is 0.0695. The van der Waals surface area contributed by atoms with Crippen molar-refractivity contribution in [1.29, 1.82) is 0 Å². The minimum atomic E-state index is -1.30. The van der Waals surface area contributed by atoms with Gasteiger partial charge in [-0.2, -0.15) is 0 Å². The second-order valence-electron chi connectivity index (χ2n) is 12.4. The highest BCUT2D eigenvalue weighted by atomic mass is 32.2. The topological polar surface area (TPSA) is 116 Å². The number of aromatic carboxylic acids is 1. The number of aromatic nitrogens is 2. The van der Waals surface area contributed by atoms with Crippen molar-refractivity contribution in [3.05, 3.63) is 94.5 Å². The third kappa shape index (κ3) is 10.6. The van der Waals surface area contributed by atoms with Gasteiger partial charge in [0.05, 0.1) is 4.90 Å². The number of pyridine rings is 2. The molecule has 2 aromatic heterocycles. The van der Waals surface area contributed by atoms with Crippen LogP contribution in [0.15, 0.2) is 76.8 Å². The second kappa shape index (κ2) is 17.7. The van der Waals surface area contributed by atoms with Crippen LogP contribution in [0.1, 0.15) is 82.5 Å². The summed E-state index contributed by atoms with van der Waals surface area (Å²) >= 11 is 1.69. The largest absolute Gasteiger partial charge is 0.477 e. The number of carbonyl (C=O) groups is 1. The van der Waals surface area contributed by atoms with Crippen molar-refractivity contribution in [3.63, 3.8) is 0 Å². The molecule has 0 spiro atoms. The highest BCUT2D eigenvalue weighted by molar-refractivity contribution is 7.99. The second-order valence-corrected chi connectivity index (χ2v) is 13.3. The molecule has 1 aliphatic rings. The number of aromatic amines is 1. The van der Waals surface area contributed by atoms with Gasteiger partial charge in [0, 0.05) is 59.8 Å². The quantitative estimate of drug-likeness (QED) is 0.0975. The molecule has 0 atom stereocenters. The number of H-pyrrole nitrogens is 1. The van der Waals surface area contributed by atoms with E-state index in [0.29, 0.717) is 11.3 Å². The average molecular weight is 679 g/mol. The van der Waals surface area contributed by atoms with Gasteiger partial charge in [-0.25, -0.2) is 18.6 Å². The fourth-order valence-corrected chi connectivity index (χ4v) is 6.21. The van der Waals surface area contributed by atoms with E-state index in [1.165, 1.54) is 81.5 Å². The van der Waals surface area contributed by atoms with Crippen LogP contribution in [0.3, 0.4) is 0 Å². The van der Waals surface area contributed by atoms with Crippen LogP contribution in [0.5, 0.6) is 11.5 Å². The number of halogens is 2. The molecule has 0 unspecified atom stereocenters. The maximum atomic E-state index is 14.7. The molecule has 0 bridgehead atoms. The van der Waals surface area contributed by atoms with Gasteiger partial charge in [-0.1, -0.05) is 64.0 Å². The Balaban J connectivity index is 0.000000257. The van der Waals surface area contributed by atoms with E-state index in [1.807, 2.05) is 6.07 Å². The van der Waals surface area contributed by atoms with E-state index < -0.39 is 17.2 Å². The van der Waals surface area contributed by atoms with Crippen LogP contribution in [0.25, 0.3) is 11.1 Å². The van der Waals surface area contributed by atoms with E-state index in [-0.39, 0.29) is 28.2 Å². The van der Waals surface area contributed by atoms with Crippen LogP contribution in [-0.2, 0) is 0 Å². The first-order valence-corrected chi connectivity index (χ1v) is 17.4. The molecule has 3 heterocycles. The van der Waals surface area contributed by atoms with E-state index in [9.17, 15) is 18.4 Å². The maximum Gasteiger partial charge on any atom is 0.341 e. The first kappa shape index (κ1) is 36.5. The van der Waals surface area contributed by atoms with Crippen molar-refractivity contribution in [2.75, 3.05) is 22.9 Å². The molecule has 1 aliphatic heterocycles. The number of nitrogens with one attached hydrogen (secondary N) is 3. The van der Waals surface area contributed by atoms with Crippen molar-refractivity contribution in [2.24, 2.45) is 0 Å². The fraction of sp³-hybridized carbons (Fsp3) is 0.378. The molecule has 0 amide bonds. The summed E-state index contributed by atoms with van der Waals surface area (Å²) < 4.78 is 33.3. The van der Waals surface area contributed by atoms with E-state index in [2.05, 4.69) is 41.4 Å². The summed E-state index contributed by atoms with van der Waals surface area (Å²) in [5.41, 5.74) is 0.495. The Bertz CT molecular complexity index is 1710. The number of fused-ring (bicyclic) bond motifs is 1. The number of rotatable bonds is 14. The lowest BCUT2D eigenvalue weighted by atomic mass is 10.1. The number of nitrogens with zero attached hydrogens (tertiary/aromatic N) is 1. The summed E-state index contributed by atoms with van der Waals surface area (Å²) in [6.07, 6.45) is 14.5. The molecule has 0 saturated carbocycles. The Morgan fingerprint density at radius 2 is 1.69 bits per heavy atom. The van der Waals surface area contributed by atoms with Gasteiger partial charge in [0.25, 0.3) is 0 Å². The normalized spacial score (nSPS) is 13.0. The highest BCUT2D eigenvalue weighted by Gasteiger charge is 2.28. The molecule has 4 aromatic rings. The molecular weight excluding hydrogens is 634 g/mol. The van der Waals surface area contributed by atoms with Gasteiger partial charge in [0.15, 0.2) is 11.6 Å². The number of carboxylic acid groups (broad SMARTS) is 1. The summed E-state index contributed by atoms with van der Waals surface area (Å²) in [5, 5.41) is 15.5. The standard InChI is InChI=1S/C25H36FN3OS.C12H8FNO3/c1-4-5-6-7-8-9-10-11-15-27-19-12-13-21(20(26)17-19)30-22-14-16-28-24-23(22)31-18-25(2,3)29-24;13-8-3-1-7(2-4-8)9-5-14-6-10(11(9)15)12(16)17/h12-14,16-17,27H,4-11,15,18H2,1-3H3,(H,28,29);1-6H,(H,14,15)(H,16,17). The van der Waals surface area contributed by atoms with Gasteiger partial charge < -0.3 is 25.5 Å². The summed E-state index contributed by atoms with van der Waals surface area (Å²) in [6.45, 7) is 7.38. The number of hydrogen-bond donors (Lipinski definition) is 4. The number of carboxylic acids is 1. The SMILES string of the molecule is CCCCCCCCCCNc1ccc(Oc2ccnc3c2SCC(C)(C)N3)c(F)c1.O=C(O)c1c[nH]cc(-c2ccc(F)cc2)c1=O. The number of ether oxygens (including phenoxy) is 1. The summed E-state index contributed by atoms with van der Waals surface area (Å²) in [7, 11) is 0. The predicted octanol–water partition coefficient (Wildman–Crippen LogP) is 9.74. The molecular formula is C37H44F2N4O4S. The van der Waals surface area contributed by atoms with Crippen LogP contribution in [0.2, 0.25) is 0 Å². The van der Waals surface area contributed by atoms with Crippen LogP contribution >= 0.6 is 11.8 Å². The molecule has 11 heteroatoms. The number of anilines is 2. The number of thioether (sulfide) groups is 1. The monoisotopic (exact) mass is 678 g/mol. The van der Waals surface area contributed by atoms with Crippen molar-refractivity contribution in [1.82, 2.24) is 9.97 Å². The van der Waals surface area contributed by atoms with Gasteiger partial charge in [0.2, 0.25) is 5.43 Å². The van der Waals surface area contributed by atoms with Crippen molar-refractivity contribution < 1.29 is 23.4 Å². The number of benzene rings is 2. The van der Waals surface area contributed by atoms with Gasteiger partial charge in [-0.3, -0.25) is 4.79 Å². The molecule has 0 aliphatic carbocycles. The summed E-state index contributed by atoms with van der Waals surface area (Å²) in [4.78, 5) is 30.5. The Morgan fingerprint density at radius 1 is 0.979 bits per heavy atom. The molecule has 8 nitrogen and oxygen atoms in total. The Kier molecular flexibility index (Phi) is 13.4. The first-order chi connectivity index (χ1) is 23.1. The number of hydrogen-bond acceptors (Lipinski definition) is 7. The first-order valence-electron chi connectivity index (χ1n) is 16.4. The minimum Gasteiger partial charge on any atom is -0.477 e. The average Bonchev–Trinajstić information content (AvgIpc) is 3.05. The van der Waals surface area contributed by atoms with Crippen LogP contribution in [0, 0.1) is 11.6 Å². The highest BCUT2D eigenvalue weighted by Crippen LogP contribution is 2.43. The van der Waals surface area contributed by atoms with E-state index in [0.717, 1.165) is 41.3 Å². The predicted molar refractivity (Wildman–Crippen MR) is 190 cm³/mol. The number of unbranched alkanes of at least 4 members (excludes halogenated alkanes) is 7. The zero-order valence-corrected chi connectivity index (χ0v) is 28.5. The molecule has 0 fully saturated rings. The van der Waals surface area contributed by atoms with E-state index in [1.54, 1.807) is 30.1 Å². The molecule has 256 valence electrons. The van der Waals surface area contributed by atoms with Crippen molar-refractivity contribution in [2.45, 2.75) is 82.6 Å². The van der Waals surface area contributed by atoms with E-state index in [4.69, 9.17) is 9.84 Å². The minimum absolute atomic E-state index is 0.0308. The van der Waals surface area contributed by atoms with Gasteiger partial charge in [-0.15, -0.1) is 11.8 Å². The summed E-state index contributed by atoms with van der Waals surface area (Å²) in [6, 6.07) is 12.2. The van der Waals surface area contributed by atoms with Crippen molar-refractivity contribution >= 4 is 29.2 Å². The third-order valence-corrected chi connectivity index (χ3v) is 9.29. The molecule has 48 heavy (non-hydrogen) atoms. The van der Waals surface area contributed by atoms with Crippen LogP contribution in [0.4, 0.5) is 20.3 Å². The lowest BCUT2D eigenvalue weighted by Gasteiger charge is -2.32. The van der Waals surface area contributed by atoms with Gasteiger partial charge >= 0.3 is 5.97 Å². The lowest BCUT2D eigenvalue weighted by Crippen LogP contribution is -2.36.